The van der Waals surface area contributed by atoms with Gasteiger partial charge in [-0.1, -0.05) is 29.8 Å². The van der Waals surface area contributed by atoms with Crippen molar-refractivity contribution in [2.45, 2.75) is 6.54 Å². The van der Waals surface area contributed by atoms with Gasteiger partial charge in [-0.3, -0.25) is 0 Å². The molecule has 0 amide bonds. The molecule has 4 aromatic rings. The molecule has 0 aliphatic rings. The molecular weight excluding hydrogens is 412 g/mol. The quantitative estimate of drug-likeness (QED) is 0.373. The molecule has 0 unspecified atom stereocenters. The summed E-state index contributed by atoms with van der Waals surface area (Å²) >= 11 is 6.23. The van der Waals surface area contributed by atoms with Crippen molar-refractivity contribution in [3.63, 3.8) is 0 Å². The Morgan fingerprint density at radius 2 is 1.74 bits per heavy atom. The Hall–Kier alpha value is -3.82. The second-order valence-electron chi connectivity index (χ2n) is 6.79. The summed E-state index contributed by atoms with van der Waals surface area (Å²) in [5, 5.41) is 14.5. The van der Waals surface area contributed by atoms with E-state index in [1.807, 2.05) is 54.6 Å². The van der Waals surface area contributed by atoms with Crippen molar-refractivity contribution in [2.75, 3.05) is 19.5 Å². The van der Waals surface area contributed by atoms with Gasteiger partial charge in [-0.2, -0.15) is 0 Å². The SMILES string of the molecule is [C-]#[N+]c1ccc2c(-c3ccc(OC)cc3)nnc(NCc3ccc(OC)c(Cl)c3)c2c1. The van der Waals surface area contributed by atoms with Gasteiger partial charge in [-0.15, -0.1) is 10.2 Å². The highest BCUT2D eigenvalue weighted by atomic mass is 35.5. The average molecular weight is 431 g/mol. The topological polar surface area (TPSA) is 60.6 Å². The molecule has 0 aliphatic carbocycles. The minimum Gasteiger partial charge on any atom is -0.497 e. The third kappa shape index (κ3) is 4.23. The van der Waals surface area contributed by atoms with Crippen molar-refractivity contribution < 1.29 is 9.47 Å². The molecular formula is C24H19ClN4O2. The van der Waals surface area contributed by atoms with Gasteiger partial charge in [-0.05, 0) is 48.0 Å². The number of rotatable bonds is 6. The number of benzene rings is 3. The Kier molecular flexibility index (Phi) is 5.87. The van der Waals surface area contributed by atoms with Crippen LogP contribution in [0.2, 0.25) is 5.02 Å². The molecule has 1 N–H and O–H groups in total. The maximum absolute atomic E-state index is 7.38. The predicted molar refractivity (Wildman–Crippen MR) is 123 cm³/mol. The number of anilines is 1. The lowest BCUT2D eigenvalue weighted by Crippen LogP contribution is -2.04. The third-order valence-electron chi connectivity index (χ3n) is 4.93. The lowest BCUT2D eigenvalue weighted by molar-refractivity contribution is 0.415. The van der Waals surface area contributed by atoms with E-state index < -0.39 is 0 Å². The zero-order valence-electron chi connectivity index (χ0n) is 17.0. The van der Waals surface area contributed by atoms with E-state index in [-0.39, 0.29) is 0 Å². The molecule has 0 bridgehead atoms. The van der Waals surface area contributed by atoms with Gasteiger partial charge in [0.15, 0.2) is 11.5 Å². The number of nitrogens with zero attached hydrogens (tertiary/aromatic N) is 3. The van der Waals surface area contributed by atoms with Gasteiger partial charge in [0.2, 0.25) is 0 Å². The molecule has 0 fully saturated rings. The molecule has 0 spiro atoms. The lowest BCUT2D eigenvalue weighted by atomic mass is 10.0. The Labute approximate surface area is 185 Å². The number of fused-ring (bicyclic) bond motifs is 1. The molecule has 1 heterocycles. The zero-order chi connectivity index (χ0) is 21.8. The van der Waals surface area contributed by atoms with E-state index >= 15 is 0 Å². The van der Waals surface area contributed by atoms with E-state index in [9.17, 15) is 0 Å². The molecule has 6 nitrogen and oxygen atoms in total. The van der Waals surface area contributed by atoms with Gasteiger partial charge < -0.3 is 14.8 Å². The second-order valence-corrected chi connectivity index (χ2v) is 7.20. The lowest BCUT2D eigenvalue weighted by Gasteiger charge is -2.13. The van der Waals surface area contributed by atoms with Crippen molar-refractivity contribution >= 4 is 33.9 Å². The van der Waals surface area contributed by atoms with Crippen LogP contribution >= 0.6 is 11.6 Å². The average Bonchev–Trinajstić information content (AvgIpc) is 2.82. The van der Waals surface area contributed by atoms with Crippen LogP contribution in [-0.2, 0) is 6.54 Å². The summed E-state index contributed by atoms with van der Waals surface area (Å²) in [6, 6.07) is 18.8. The minimum absolute atomic E-state index is 0.498. The number of halogens is 1. The van der Waals surface area contributed by atoms with Crippen molar-refractivity contribution in [1.82, 2.24) is 10.2 Å². The van der Waals surface area contributed by atoms with Gasteiger partial charge in [0, 0.05) is 22.9 Å². The minimum atomic E-state index is 0.498. The highest BCUT2D eigenvalue weighted by Crippen LogP contribution is 2.33. The highest BCUT2D eigenvalue weighted by molar-refractivity contribution is 6.32. The van der Waals surface area contributed by atoms with E-state index in [2.05, 4.69) is 20.4 Å². The second kappa shape index (κ2) is 8.90. The summed E-state index contributed by atoms with van der Waals surface area (Å²) in [5.74, 6) is 2.00. The van der Waals surface area contributed by atoms with Crippen LogP contribution in [0.3, 0.4) is 0 Å². The maximum Gasteiger partial charge on any atom is 0.188 e. The Morgan fingerprint density at radius 1 is 0.935 bits per heavy atom. The number of hydrogen-bond donors (Lipinski definition) is 1. The van der Waals surface area contributed by atoms with Crippen LogP contribution in [0, 0.1) is 6.57 Å². The molecule has 7 heteroatoms. The molecule has 0 saturated carbocycles. The van der Waals surface area contributed by atoms with Gasteiger partial charge in [0.25, 0.3) is 0 Å². The fourth-order valence-corrected chi connectivity index (χ4v) is 3.59. The highest BCUT2D eigenvalue weighted by Gasteiger charge is 2.13. The summed E-state index contributed by atoms with van der Waals surface area (Å²) in [5.41, 5.74) is 3.17. The van der Waals surface area contributed by atoms with Gasteiger partial charge in [-0.25, -0.2) is 4.85 Å². The van der Waals surface area contributed by atoms with Crippen LogP contribution in [0.4, 0.5) is 11.5 Å². The third-order valence-corrected chi connectivity index (χ3v) is 5.23. The number of nitrogens with one attached hydrogen (secondary N) is 1. The van der Waals surface area contributed by atoms with Crippen LogP contribution < -0.4 is 14.8 Å². The number of hydrogen-bond acceptors (Lipinski definition) is 5. The molecule has 4 rings (SSSR count). The van der Waals surface area contributed by atoms with Crippen LogP contribution in [0.15, 0.2) is 60.7 Å². The standard InChI is InChI=1S/C24H19ClN4O2/c1-26-17-7-10-19-20(13-17)24(27-14-15-4-11-22(31-3)21(25)12-15)29-28-23(19)16-5-8-18(30-2)9-6-16/h4-13H,14H2,2-3H3,(H,27,29). The monoisotopic (exact) mass is 430 g/mol. The Bertz CT molecular complexity index is 1280. The summed E-state index contributed by atoms with van der Waals surface area (Å²) in [4.78, 5) is 3.56. The summed E-state index contributed by atoms with van der Waals surface area (Å²) < 4.78 is 10.4. The first-order valence-corrected chi connectivity index (χ1v) is 9.89. The number of methoxy groups -OCH3 is 2. The first kappa shape index (κ1) is 20.5. The summed E-state index contributed by atoms with van der Waals surface area (Å²) in [6.07, 6.45) is 0. The fraction of sp³-hybridized carbons (Fsp3) is 0.125. The van der Waals surface area contributed by atoms with E-state index in [1.54, 1.807) is 20.3 Å². The molecule has 0 saturated heterocycles. The summed E-state index contributed by atoms with van der Waals surface area (Å²) in [7, 11) is 3.22. The van der Waals surface area contributed by atoms with E-state index in [0.29, 0.717) is 28.8 Å². The smallest absolute Gasteiger partial charge is 0.188 e. The Balaban J connectivity index is 1.72. The van der Waals surface area contributed by atoms with Gasteiger partial charge in [0.1, 0.15) is 17.2 Å². The van der Waals surface area contributed by atoms with Crippen LogP contribution in [0.25, 0.3) is 26.9 Å². The summed E-state index contributed by atoms with van der Waals surface area (Å²) in [6.45, 7) is 7.88. The first-order chi connectivity index (χ1) is 15.1. The molecule has 1 aromatic heterocycles. The molecule has 0 aliphatic heterocycles. The Morgan fingerprint density at radius 3 is 2.42 bits per heavy atom. The van der Waals surface area contributed by atoms with E-state index in [1.165, 1.54) is 0 Å². The van der Waals surface area contributed by atoms with E-state index in [0.717, 1.165) is 33.3 Å². The van der Waals surface area contributed by atoms with Gasteiger partial charge in [0.05, 0.1) is 25.8 Å². The predicted octanol–water partition coefficient (Wildman–Crippen LogP) is 6.13. The molecule has 31 heavy (non-hydrogen) atoms. The fourth-order valence-electron chi connectivity index (χ4n) is 3.31. The maximum atomic E-state index is 7.38. The van der Waals surface area contributed by atoms with Crippen LogP contribution in [-0.4, -0.2) is 24.4 Å². The largest absolute Gasteiger partial charge is 0.497 e. The van der Waals surface area contributed by atoms with Crippen molar-refractivity contribution in [3.05, 3.63) is 82.7 Å². The van der Waals surface area contributed by atoms with Crippen LogP contribution in [0.5, 0.6) is 11.5 Å². The number of aromatic nitrogens is 2. The first-order valence-electron chi connectivity index (χ1n) is 9.51. The molecule has 0 radical (unpaired) electrons. The van der Waals surface area contributed by atoms with Gasteiger partial charge >= 0.3 is 0 Å². The normalized spacial score (nSPS) is 10.5. The van der Waals surface area contributed by atoms with E-state index in [4.69, 9.17) is 27.6 Å². The molecule has 154 valence electrons. The van der Waals surface area contributed by atoms with Crippen molar-refractivity contribution in [2.24, 2.45) is 0 Å². The van der Waals surface area contributed by atoms with Crippen molar-refractivity contribution in [3.8, 4) is 22.8 Å². The number of ether oxygens (including phenoxy) is 2. The zero-order valence-corrected chi connectivity index (χ0v) is 17.8. The molecule has 0 atom stereocenters. The molecule has 3 aromatic carbocycles. The van der Waals surface area contributed by atoms with Crippen LogP contribution in [0.1, 0.15) is 5.56 Å². The van der Waals surface area contributed by atoms with Crippen molar-refractivity contribution in [1.29, 1.82) is 0 Å².